The van der Waals surface area contributed by atoms with Crippen molar-refractivity contribution >= 4 is 15.9 Å². The Kier molecular flexibility index (Phi) is 4.23. The molecule has 2 unspecified atom stereocenters. The molecule has 2 aliphatic rings. The largest absolute Gasteiger partial charge is 0.377 e. The van der Waals surface area contributed by atoms with Gasteiger partial charge < -0.3 is 4.74 Å². The summed E-state index contributed by atoms with van der Waals surface area (Å²) in [7, 11) is -3.46. The number of hydrogen-bond acceptors (Lipinski definition) is 4. The lowest BCUT2D eigenvalue weighted by Crippen LogP contribution is -2.41. The second-order valence-corrected chi connectivity index (χ2v) is 9.00. The van der Waals surface area contributed by atoms with Crippen molar-refractivity contribution in [2.24, 2.45) is 16.3 Å². The van der Waals surface area contributed by atoms with E-state index < -0.39 is 10.0 Å². The first kappa shape index (κ1) is 16.5. The van der Waals surface area contributed by atoms with E-state index in [1.54, 1.807) is 18.2 Å². The summed E-state index contributed by atoms with van der Waals surface area (Å²) in [5.41, 5.74) is 0.717. The van der Waals surface area contributed by atoms with Gasteiger partial charge in [-0.2, -0.15) is 0 Å². The standard InChI is InChI=1S/C17H24N2O3S/c1-17(2,3)15-12(7-6-10-22-15)11-18-16-13-8-4-5-9-14(13)23(20,21)19-16/h4-5,8-9,12,15H,6-7,10-11H2,1-3H3,(H,18,19). The Hall–Kier alpha value is -1.40. The van der Waals surface area contributed by atoms with Gasteiger partial charge in [0.2, 0.25) is 0 Å². The number of hydrogen-bond donors (Lipinski definition) is 1. The molecule has 2 atom stereocenters. The van der Waals surface area contributed by atoms with Gasteiger partial charge in [-0.25, -0.2) is 8.42 Å². The van der Waals surface area contributed by atoms with Gasteiger partial charge in [-0.05, 0) is 30.4 Å². The highest BCUT2D eigenvalue weighted by Gasteiger charge is 2.36. The number of aliphatic imine (C=N–C) groups is 1. The van der Waals surface area contributed by atoms with Crippen LogP contribution in [0.4, 0.5) is 0 Å². The second kappa shape index (κ2) is 5.91. The van der Waals surface area contributed by atoms with Gasteiger partial charge in [0.15, 0.2) is 0 Å². The van der Waals surface area contributed by atoms with E-state index in [-0.39, 0.29) is 11.5 Å². The van der Waals surface area contributed by atoms with Crippen molar-refractivity contribution in [3.05, 3.63) is 29.8 Å². The van der Waals surface area contributed by atoms with Gasteiger partial charge in [-0.15, -0.1) is 0 Å². The average Bonchev–Trinajstić information content (AvgIpc) is 2.76. The molecule has 0 bridgehead atoms. The molecule has 5 nitrogen and oxygen atoms in total. The van der Waals surface area contributed by atoms with Crippen LogP contribution in [0.15, 0.2) is 34.2 Å². The Morgan fingerprint density at radius 3 is 2.78 bits per heavy atom. The van der Waals surface area contributed by atoms with Crippen molar-refractivity contribution in [2.75, 3.05) is 13.2 Å². The Bertz CT molecular complexity index is 720. The average molecular weight is 336 g/mol. The Morgan fingerprint density at radius 1 is 1.30 bits per heavy atom. The zero-order chi connectivity index (χ0) is 16.7. The minimum Gasteiger partial charge on any atom is -0.377 e. The van der Waals surface area contributed by atoms with Crippen LogP contribution in [0.2, 0.25) is 0 Å². The topological polar surface area (TPSA) is 67.8 Å². The van der Waals surface area contributed by atoms with E-state index in [0.29, 0.717) is 28.8 Å². The zero-order valence-electron chi connectivity index (χ0n) is 13.9. The smallest absolute Gasteiger partial charge is 0.263 e. The fourth-order valence-corrected chi connectivity index (χ4v) is 4.70. The third-order valence-electron chi connectivity index (χ3n) is 4.45. The molecule has 126 valence electrons. The van der Waals surface area contributed by atoms with Crippen molar-refractivity contribution in [1.82, 2.24) is 4.72 Å². The van der Waals surface area contributed by atoms with Gasteiger partial charge in [-0.1, -0.05) is 32.9 Å². The summed E-state index contributed by atoms with van der Waals surface area (Å²) < 4.78 is 32.8. The third kappa shape index (κ3) is 3.28. The lowest BCUT2D eigenvalue weighted by atomic mass is 9.78. The van der Waals surface area contributed by atoms with Gasteiger partial charge in [0.05, 0.1) is 11.0 Å². The highest BCUT2D eigenvalue weighted by Crippen LogP contribution is 2.34. The molecule has 0 saturated carbocycles. The minimum atomic E-state index is -3.46. The SMILES string of the molecule is CC(C)(C)C1OCCCC1CN=C1NS(=O)(=O)c2ccccc21. The first-order valence-electron chi connectivity index (χ1n) is 8.07. The van der Waals surface area contributed by atoms with Gasteiger partial charge >= 0.3 is 0 Å². The first-order valence-corrected chi connectivity index (χ1v) is 9.55. The molecule has 23 heavy (non-hydrogen) atoms. The number of amidine groups is 1. The molecule has 0 aromatic heterocycles. The summed E-state index contributed by atoms with van der Waals surface area (Å²) >= 11 is 0. The van der Waals surface area contributed by atoms with E-state index >= 15 is 0 Å². The van der Waals surface area contributed by atoms with Crippen molar-refractivity contribution in [3.8, 4) is 0 Å². The Balaban J connectivity index is 1.83. The molecule has 0 radical (unpaired) electrons. The highest BCUT2D eigenvalue weighted by molar-refractivity contribution is 7.90. The van der Waals surface area contributed by atoms with Crippen molar-refractivity contribution < 1.29 is 13.2 Å². The Labute approximate surface area is 138 Å². The molecule has 1 fully saturated rings. The normalized spacial score (nSPS) is 28.4. The quantitative estimate of drug-likeness (QED) is 0.902. The van der Waals surface area contributed by atoms with Crippen LogP contribution in [0.25, 0.3) is 0 Å². The van der Waals surface area contributed by atoms with Crippen molar-refractivity contribution in [1.29, 1.82) is 0 Å². The first-order chi connectivity index (χ1) is 10.8. The fraction of sp³-hybridized carbons (Fsp3) is 0.588. The van der Waals surface area contributed by atoms with E-state index in [2.05, 4.69) is 30.5 Å². The lowest BCUT2D eigenvalue weighted by molar-refractivity contribution is -0.0823. The van der Waals surface area contributed by atoms with Crippen LogP contribution in [0.1, 0.15) is 39.2 Å². The number of nitrogens with one attached hydrogen (secondary N) is 1. The van der Waals surface area contributed by atoms with Crippen LogP contribution in [0.5, 0.6) is 0 Å². The maximum atomic E-state index is 12.1. The molecule has 0 spiro atoms. The number of rotatable bonds is 2. The maximum absolute atomic E-state index is 12.1. The van der Waals surface area contributed by atoms with Crippen LogP contribution >= 0.6 is 0 Å². The molecule has 1 aromatic carbocycles. The van der Waals surface area contributed by atoms with Crippen LogP contribution in [0.3, 0.4) is 0 Å². The van der Waals surface area contributed by atoms with Crippen LogP contribution in [0, 0.1) is 11.3 Å². The molecule has 2 aliphatic heterocycles. The van der Waals surface area contributed by atoms with E-state index in [4.69, 9.17) is 4.74 Å². The van der Waals surface area contributed by atoms with Gasteiger partial charge in [-0.3, -0.25) is 9.71 Å². The zero-order valence-corrected chi connectivity index (χ0v) is 14.7. The van der Waals surface area contributed by atoms with Crippen molar-refractivity contribution in [3.63, 3.8) is 0 Å². The maximum Gasteiger partial charge on any atom is 0.263 e. The number of ether oxygens (including phenoxy) is 1. The van der Waals surface area contributed by atoms with E-state index in [1.807, 2.05) is 6.07 Å². The van der Waals surface area contributed by atoms with Gasteiger partial charge in [0.1, 0.15) is 5.84 Å². The second-order valence-electron chi connectivity index (χ2n) is 7.35. The monoisotopic (exact) mass is 336 g/mol. The predicted octanol–water partition coefficient (Wildman–Crippen LogP) is 2.57. The fourth-order valence-electron chi connectivity index (χ4n) is 3.45. The molecule has 1 N–H and O–H groups in total. The third-order valence-corrected chi connectivity index (χ3v) is 5.84. The van der Waals surface area contributed by atoms with Gasteiger partial charge in [0, 0.05) is 24.6 Å². The van der Waals surface area contributed by atoms with Crippen LogP contribution in [-0.2, 0) is 14.8 Å². The molecule has 6 heteroatoms. The molecular formula is C17H24N2O3S. The highest BCUT2D eigenvalue weighted by atomic mass is 32.2. The number of fused-ring (bicyclic) bond motifs is 1. The summed E-state index contributed by atoms with van der Waals surface area (Å²) in [6.45, 7) is 7.91. The van der Waals surface area contributed by atoms with Gasteiger partial charge in [0.25, 0.3) is 10.0 Å². The number of benzene rings is 1. The molecular weight excluding hydrogens is 312 g/mol. The van der Waals surface area contributed by atoms with Crippen molar-refractivity contribution in [2.45, 2.75) is 44.6 Å². The molecule has 1 saturated heterocycles. The van der Waals surface area contributed by atoms with E-state index in [9.17, 15) is 8.42 Å². The van der Waals surface area contributed by atoms with E-state index in [1.165, 1.54) is 0 Å². The molecule has 0 amide bonds. The molecule has 2 heterocycles. The number of nitrogens with zero attached hydrogens (tertiary/aromatic N) is 1. The Morgan fingerprint density at radius 2 is 2.04 bits per heavy atom. The van der Waals surface area contributed by atoms with Crippen LogP contribution in [-0.4, -0.2) is 33.5 Å². The molecule has 1 aromatic rings. The minimum absolute atomic E-state index is 0.0539. The molecule has 3 rings (SSSR count). The summed E-state index contributed by atoms with van der Waals surface area (Å²) in [6.07, 6.45) is 2.24. The molecule has 0 aliphatic carbocycles. The van der Waals surface area contributed by atoms with Crippen LogP contribution < -0.4 is 4.72 Å². The summed E-state index contributed by atoms with van der Waals surface area (Å²) in [5, 5.41) is 0. The number of sulfonamides is 1. The summed E-state index contributed by atoms with van der Waals surface area (Å²) in [4.78, 5) is 4.91. The predicted molar refractivity (Wildman–Crippen MR) is 90.1 cm³/mol. The van der Waals surface area contributed by atoms with E-state index in [0.717, 1.165) is 19.4 Å². The summed E-state index contributed by atoms with van der Waals surface area (Å²) in [5.74, 6) is 0.771. The lowest BCUT2D eigenvalue weighted by Gasteiger charge is -2.39. The summed E-state index contributed by atoms with van der Waals surface area (Å²) in [6, 6.07) is 6.97.